The third-order valence-electron chi connectivity index (χ3n) is 6.00. The van der Waals surface area contributed by atoms with Crippen LogP contribution < -0.4 is 15.0 Å². The van der Waals surface area contributed by atoms with Crippen molar-refractivity contribution in [2.75, 3.05) is 57.1 Å². The summed E-state index contributed by atoms with van der Waals surface area (Å²) in [6.07, 6.45) is 2.00. The van der Waals surface area contributed by atoms with E-state index in [1.165, 1.54) is 0 Å². The van der Waals surface area contributed by atoms with Gasteiger partial charge in [0.05, 0.1) is 24.5 Å². The number of piperazine rings is 1. The number of likely N-dealkylation sites (tertiary alicyclic amines) is 1. The fourth-order valence-electron chi connectivity index (χ4n) is 4.27. The molecular weight excluding hydrogens is 364 g/mol. The summed E-state index contributed by atoms with van der Waals surface area (Å²) < 4.78 is 5.26. The molecule has 154 valence electrons. The second-order valence-electron chi connectivity index (χ2n) is 7.86. The quantitative estimate of drug-likeness (QED) is 0.857. The van der Waals surface area contributed by atoms with Gasteiger partial charge in [0.2, 0.25) is 0 Å². The van der Waals surface area contributed by atoms with Gasteiger partial charge < -0.3 is 24.8 Å². The number of carbonyl (C=O) groups is 1. The lowest BCUT2D eigenvalue weighted by Gasteiger charge is -2.35. The van der Waals surface area contributed by atoms with Crippen LogP contribution in [0.3, 0.4) is 0 Å². The number of nitrogens with zero attached hydrogens (tertiary/aromatic N) is 3. The summed E-state index contributed by atoms with van der Waals surface area (Å²) in [5, 5.41) is 3.19. The van der Waals surface area contributed by atoms with Crippen LogP contribution in [0.4, 0.5) is 16.2 Å². The first-order valence-electron chi connectivity index (χ1n) is 10.4. The fraction of sp³-hybridized carbons (Fsp3) is 0.435. The van der Waals surface area contributed by atoms with Crippen LogP contribution in [0, 0.1) is 0 Å². The number of carbonyl (C=O) groups excluding carboxylic acids is 1. The van der Waals surface area contributed by atoms with Crippen LogP contribution in [0.5, 0.6) is 5.75 Å². The lowest BCUT2D eigenvalue weighted by Crippen LogP contribution is -2.45. The van der Waals surface area contributed by atoms with Gasteiger partial charge >= 0.3 is 6.03 Å². The van der Waals surface area contributed by atoms with E-state index in [1.807, 2.05) is 35.2 Å². The minimum atomic E-state index is -0.0232. The number of amides is 2. The molecule has 2 aliphatic heterocycles. The zero-order valence-electron chi connectivity index (χ0n) is 17.3. The number of para-hydroxylation sites is 2. The minimum Gasteiger partial charge on any atom is -0.497 e. The lowest BCUT2D eigenvalue weighted by molar-refractivity contribution is 0.207. The molecule has 0 aliphatic carbocycles. The SMILES string of the molecule is COc1ccc([C@H]2CCCN2C(=O)Nc2ccccc2N2CCN(C)CC2)cc1. The number of urea groups is 1. The largest absolute Gasteiger partial charge is 0.497 e. The van der Waals surface area contributed by atoms with Crippen LogP contribution in [0.1, 0.15) is 24.4 Å². The molecule has 4 rings (SSSR count). The molecule has 0 spiro atoms. The molecule has 6 heteroatoms. The Balaban J connectivity index is 1.48. The summed E-state index contributed by atoms with van der Waals surface area (Å²) in [6.45, 7) is 4.80. The van der Waals surface area contributed by atoms with Crippen molar-refractivity contribution in [3.05, 3.63) is 54.1 Å². The van der Waals surface area contributed by atoms with E-state index in [9.17, 15) is 4.79 Å². The Morgan fingerprint density at radius 2 is 1.72 bits per heavy atom. The van der Waals surface area contributed by atoms with Crippen molar-refractivity contribution < 1.29 is 9.53 Å². The molecule has 0 aromatic heterocycles. The van der Waals surface area contributed by atoms with E-state index >= 15 is 0 Å². The zero-order valence-corrected chi connectivity index (χ0v) is 17.3. The molecule has 1 N–H and O–H groups in total. The average Bonchev–Trinajstić information content (AvgIpc) is 3.25. The number of hydrogen-bond donors (Lipinski definition) is 1. The molecule has 2 fully saturated rings. The number of methoxy groups -OCH3 is 1. The van der Waals surface area contributed by atoms with Crippen LogP contribution in [-0.2, 0) is 0 Å². The molecule has 0 saturated carbocycles. The number of hydrogen-bond acceptors (Lipinski definition) is 4. The van der Waals surface area contributed by atoms with Crippen molar-refractivity contribution >= 4 is 17.4 Å². The van der Waals surface area contributed by atoms with E-state index in [4.69, 9.17) is 4.74 Å². The minimum absolute atomic E-state index is 0.0232. The lowest BCUT2D eigenvalue weighted by atomic mass is 10.0. The van der Waals surface area contributed by atoms with Crippen LogP contribution in [0.15, 0.2) is 48.5 Å². The van der Waals surface area contributed by atoms with E-state index in [1.54, 1.807) is 7.11 Å². The van der Waals surface area contributed by atoms with E-state index in [-0.39, 0.29) is 12.1 Å². The van der Waals surface area contributed by atoms with Crippen LogP contribution >= 0.6 is 0 Å². The molecule has 6 nitrogen and oxygen atoms in total. The Hall–Kier alpha value is -2.73. The van der Waals surface area contributed by atoms with Crippen molar-refractivity contribution in [1.82, 2.24) is 9.80 Å². The third-order valence-corrected chi connectivity index (χ3v) is 6.00. The van der Waals surface area contributed by atoms with Gasteiger partial charge in [0.25, 0.3) is 0 Å². The number of ether oxygens (including phenoxy) is 1. The third kappa shape index (κ3) is 4.32. The van der Waals surface area contributed by atoms with Gasteiger partial charge in [-0.1, -0.05) is 24.3 Å². The molecule has 1 atom stereocenters. The number of nitrogens with one attached hydrogen (secondary N) is 1. The topological polar surface area (TPSA) is 48.1 Å². The summed E-state index contributed by atoms with van der Waals surface area (Å²) in [7, 11) is 3.82. The van der Waals surface area contributed by atoms with Gasteiger partial charge in [-0.05, 0) is 49.7 Å². The summed E-state index contributed by atoms with van der Waals surface area (Å²) in [5.74, 6) is 0.837. The smallest absolute Gasteiger partial charge is 0.322 e. The van der Waals surface area contributed by atoms with Crippen molar-refractivity contribution in [1.29, 1.82) is 0 Å². The Morgan fingerprint density at radius 1 is 1.00 bits per heavy atom. The van der Waals surface area contributed by atoms with Gasteiger partial charge in [0.15, 0.2) is 0 Å². The Morgan fingerprint density at radius 3 is 2.45 bits per heavy atom. The standard InChI is InChI=1S/C23H30N4O2/c1-25-14-16-26(17-15-25)22-7-4-3-6-20(22)24-23(28)27-13-5-8-21(27)18-9-11-19(29-2)12-10-18/h3-4,6-7,9-12,21H,5,8,13-17H2,1-2H3,(H,24,28)/t21-/m1/s1. The first kappa shape index (κ1) is 19.6. The second-order valence-corrected chi connectivity index (χ2v) is 7.86. The van der Waals surface area contributed by atoms with Crippen molar-refractivity contribution in [3.63, 3.8) is 0 Å². The highest BCUT2D eigenvalue weighted by molar-refractivity contribution is 5.93. The number of anilines is 2. The molecule has 2 saturated heterocycles. The van der Waals surface area contributed by atoms with Crippen molar-refractivity contribution in [2.24, 2.45) is 0 Å². The molecule has 29 heavy (non-hydrogen) atoms. The van der Waals surface area contributed by atoms with Crippen molar-refractivity contribution in [3.8, 4) is 5.75 Å². The summed E-state index contributed by atoms with van der Waals surface area (Å²) in [6, 6.07) is 16.3. The van der Waals surface area contributed by atoms with Gasteiger partial charge in [-0.2, -0.15) is 0 Å². The van der Waals surface area contributed by atoms with Crippen LogP contribution in [0.25, 0.3) is 0 Å². The number of likely N-dealkylation sites (N-methyl/N-ethyl adjacent to an activating group) is 1. The van der Waals surface area contributed by atoms with Gasteiger partial charge in [-0.15, -0.1) is 0 Å². The zero-order chi connectivity index (χ0) is 20.2. The van der Waals surface area contributed by atoms with Crippen LogP contribution in [0.2, 0.25) is 0 Å². The fourth-order valence-corrected chi connectivity index (χ4v) is 4.27. The Labute approximate surface area is 173 Å². The first-order chi connectivity index (χ1) is 14.2. The normalized spacial score (nSPS) is 20.0. The van der Waals surface area contributed by atoms with Gasteiger partial charge in [-0.25, -0.2) is 4.79 Å². The van der Waals surface area contributed by atoms with Gasteiger partial charge in [0.1, 0.15) is 5.75 Å². The molecule has 2 heterocycles. The second kappa shape index (κ2) is 8.74. The Kier molecular flexibility index (Phi) is 5.90. The molecule has 0 radical (unpaired) electrons. The highest BCUT2D eigenvalue weighted by atomic mass is 16.5. The molecule has 2 aliphatic rings. The maximum Gasteiger partial charge on any atom is 0.322 e. The molecule has 0 unspecified atom stereocenters. The highest BCUT2D eigenvalue weighted by Crippen LogP contribution is 2.34. The molecule has 2 aromatic carbocycles. The summed E-state index contributed by atoms with van der Waals surface area (Å²) in [4.78, 5) is 19.8. The molecule has 0 bridgehead atoms. The monoisotopic (exact) mass is 394 g/mol. The molecular formula is C23H30N4O2. The summed E-state index contributed by atoms with van der Waals surface area (Å²) in [5.41, 5.74) is 3.15. The average molecular weight is 395 g/mol. The number of rotatable bonds is 4. The highest BCUT2D eigenvalue weighted by Gasteiger charge is 2.30. The van der Waals surface area contributed by atoms with Gasteiger partial charge in [0, 0.05) is 32.7 Å². The summed E-state index contributed by atoms with van der Waals surface area (Å²) >= 11 is 0. The van der Waals surface area contributed by atoms with Gasteiger partial charge in [-0.3, -0.25) is 0 Å². The maximum atomic E-state index is 13.2. The predicted molar refractivity (Wildman–Crippen MR) is 117 cm³/mol. The predicted octanol–water partition coefficient (Wildman–Crippen LogP) is 3.82. The van der Waals surface area contributed by atoms with Crippen molar-refractivity contribution in [2.45, 2.75) is 18.9 Å². The van der Waals surface area contributed by atoms with E-state index in [0.29, 0.717) is 0 Å². The van der Waals surface area contributed by atoms with E-state index in [0.717, 1.165) is 68.3 Å². The molecule has 2 amide bonds. The molecule has 2 aromatic rings. The van der Waals surface area contributed by atoms with E-state index in [2.05, 4.69) is 40.4 Å². The maximum absolute atomic E-state index is 13.2. The van der Waals surface area contributed by atoms with E-state index < -0.39 is 0 Å². The van der Waals surface area contributed by atoms with Crippen LogP contribution in [-0.4, -0.2) is 62.7 Å². The first-order valence-corrected chi connectivity index (χ1v) is 10.4. The number of benzene rings is 2. The Bertz CT molecular complexity index is 831.